The molecule has 116 valence electrons. The van der Waals surface area contributed by atoms with Crippen LogP contribution < -0.4 is 10.1 Å². The summed E-state index contributed by atoms with van der Waals surface area (Å²) < 4.78 is 40.7. The highest BCUT2D eigenvalue weighted by molar-refractivity contribution is 5.49. The molecular formula is C15H19F3N2O. The molecular weight excluding hydrogens is 281 g/mol. The minimum Gasteiger partial charge on any atom is -0.406 e. The minimum atomic E-state index is -4.65. The molecule has 0 radical (unpaired) electrons. The normalized spacial score (nSPS) is 26.4. The molecule has 6 heteroatoms. The molecule has 2 atom stereocenters. The van der Waals surface area contributed by atoms with Gasteiger partial charge in [0.15, 0.2) is 0 Å². The highest BCUT2D eigenvalue weighted by Gasteiger charge is 2.35. The van der Waals surface area contributed by atoms with Crippen molar-refractivity contribution in [1.29, 1.82) is 0 Å². The Kier molecular flexibility index (Phi) is 3.97. The Bertz CT molecular complexity index is 492. The van der Waals surface area contributed by atoms with Gasteiger partial charge in [0, 0.05) is 30.4 Å². The predicted molar refractivity (Wildman–Crippen MR) is 74.4 cm³/mol. The van der Waals surface area contributed by atoms with E-state index in [1.807, 2.05) is 0 Å². The summed E-state index contributed by atoms with van der Waals surface area (Å²) in [6.07, 6.45) is 0.0340. The van der Waals surface area contributed by atoms with E-state index in [2.05, 4.69) is 15.0 Å². The molecule has 0 amide bonds. The van der Waals surface area contributed by atoms with Crippen molar-refractivity contribution in [3.05, 3.63) is 24.3 Å². The van der Waals surface area contributed by atoms with E-state index in [4.69, 9.17) is 0 Å². The van der Waals surface area contributed by atoms with Gasteiger partial charge in [0.1, 0.15) is 5.75 Å². The highest BCUT2D eigenvalue weighted by Crippen LogP contribution is 2.31. The van der Waals surface area contributed by atoms with Crippen molar-refractivity contribution in [2.75, 3.05) is 18.4 Å². The summed E-state index contributed by atoms with van der Waals surface area (Å²) >= 11 is 0. The van der Waals surface area contributed by atoms with Crippen molar-refractivity contribution in [2.24, 2.45) is 0 Å². The lowest BCUT2D eigenvalue weighted by Gasteiger charge is -2.33. The second kappa shape index (κ2) is 5.75. The SMILES string of the molecule is FC(F)(F)Oc1cccc(NC2CCN3CCCCC23)c1. The minimum absolute atomic E-state index is 0.175. The summed E-state index contributed by atoms with van der Waals surface area (Å²) in [4.78, 5) is 2.48. The van der Waals surface area contributed by atoms with Crippen LogP contribution in [-0.2, 0) is 0 Å². The van der Waals surface area contributed by atoms with E-state index in [0.29, 0.717) is 17.8 Å². The number of ether oxygens (including phenoxy) is 1. The van der Waals surface area contributed by atoms with Crippen LogP contribution in [0, 0.1) is 0 Å². The van der Waals surface area contributed by atoms with Crippen molar-refractivity contribution in [1.82, 2.24) is 4.90 Å². The van der Waals surface area contributed by atoms with Gasteiger partial charge in [0.2, 0.25) is 0 Å². The van der Waals surface area contributed by atoms with Crippen LogP contribution in [0.25, 0.3) is 0 Å². The number of nitrogens with zero attached hydrogens (tertiary/aromatic N) is 1. The first-order valence-electron chi connectivity index (χ1n) is 7.38. The quantitative estimate of drug-likeness (QED) is 0.922. The Labute approximate surface area is 122 Å². The molecule has 0 spiro atoms. The van der Waals surface area contributed by atoms with Gasteiger partial charge in [-0.15, -0.1) is 13.2 Å². The number of fused-ring (bicyclic) bond motifs is 1. The summed E-state index contributed by atoms with van der Waals surface area (Å²) in [5.74, 6) is -0.175. The van der Waals surface area contributed by atoms with Crippen LogP contribution in [0.4, 0.5) is 18.9 Å². The fourth-order valence-electron chi connectivity index (χ4n) is 3.41. The summed E-state index contributed by atoms with van der Waals surface area (Å²) in [7, 11) is 0. The molecule has 0 bridgehead atoms. The topological polar surface area (TPSA) is 24.5 Å². The number of benzene rings is 1. The van der Waals surface area contributed by atoms with Gasteiger partial charge in [-0.05, 0) is 37.9 Å². The van der Waals surface area contributed by atoms with Crippen molar-refractivity contribution < 1.29 is 17.9 Å². The third-order valence-electron chi connectivity index (χ3n) is 4.28. The molecule has 2 fully saturated rings. The van der Waals surface area contributed by atoms with Crippen LogP contribution in [0.5, 0.6) is 5.75 Å². The van der Waals surface area contributed by atoms with E-state index in [0.717, 1.165) is 25.9 Å². The number of halogens is 3. The van der Waals surface area contributed by atoms with E-state index in [1.54, 1.807) is 12.1 Å². The van der Waals surface area contributed by atoms with Gasteiger partial charge in [-0.3, -0.25) is 4.90 Å². The summed E-state index contributed by atoms with van der Waals surface area (Å²) in [5, 5.41) is 3.38. The number of rotatable bonds is 3. The molecule has 2 heterocycles. The maximum atomic E-state index is 12.2. The summed E-state index contributed by atoms with van der Waals surface area (Å²) in [6.45, 7) is 2.21. The average Bonchev–Trinajstić information content (AvgIpc) is 2.81. The first-order valence-corrected chi connectivity index (χ1v) is 7.38. The van der Waals surface area contributed by atoms with Gasteiger partial charge >= 0.3 is 6.36 Å². The number of nitrogens with one attached hydrogen (secondary N) is 1. The standard InChI is InChI=1S/C15H19F3N2O/c16-15(17,18)21-12-5-3-4-11(10-12)19-13-7-9-20-8-2-1-6-14(13)20/h3-5,10,13-14,19H,1-2,6-9H2. The highest BCUT2D eigenvalue weighted by atomic mass is 19.4. The smallest absolute Gasteiger partial charge is 0.406 e. The second-order valence-corrected chi connectivity index (χ2v) is 5.71. The predicted octanol–water partition coefficient (Wildman–Crippen LogP) is 3.62. The third-order valence-corrected chi connectivity index (χ3v) is 4.28. The van der Waals surface area contributed by atoms with Crippen LogP contribution in [0.3, 0.4) is 0 Å². The molecule has 1 aromatic carbocycles. The van der Waals surface area contributed by atoms with Gasteiger partial charge in [-0.1, -0.05) is 12.5 Å². The monoisotopic (exact) mass is 300 g/mol. The van der Waals surface area contributed by atoms with E-state index < -0.39 is 6.36 Å². The zero-order valence-corrected chi connectivity index (χ0v) is 11.7. The third kappa shape index (κ3) is 3.61. The number of alkyl halides is 3. The van der Waals surface area contributed by atoms with Gasteiger partial charge in [-0.2, -0.15) is 0 Å². The molecule has 0 saturated carbocycles. The molecule has 21 heavy (non-hydrogen) atoms. The fraction of sp³-hybridized carbons (Fsp3) is 0.600. The van der Waals surface area contributed by atoms with Crippen LogP contribution in [0.1, 0.15) is 25.7 Å². The lowest BCUT2D eigenvalue weighted by molar-refractivity contribution is -0.274. The summed E-state index contributed by atoms with van der Waals surface area (Å²) in [5.41, 5.74) is 0.689. The molecule has 2 saturated heterocycles. The van der Waals surface area contributed by atoms with Gasteiger partial charge in [-0.25, -0.2) is 0 Å². The molecule has 1 N–H and O–H groups in total. The van der Waals surface area contributed by atoms with Crippen LogP contribution in [0.2, 0.25) is 0 Å². The fourth-order valence-corrected chi connectivity index (χ4v) is 3.41. The molecule has 0 aromatic heterocycles. The largest absolute Gasteiger partial charge is 0.573 e. The van der Waals surface area contributed by atoms with Crippen LogP contribution in [0.15, 0.2) is 24.3 Å². The Morgan fingerprint density at radius 3 is 2.81 bits per heavy atom. The number of hydrogen-bond acceptors (Lipinski definition) is 3. The summed E-state index contributed by atoms with van der Waals surface area (Å²) in [6, 6.07) is 6.92. The molecule has 2 aliphatic rings. The average molecular weight is 300 g/mol. The lowest BCUT2D eigenvalue weighted by atomic mass is 9.99. The first kappa shape index (κ1) is 14.5. The van der Waals surface area contributed by atoms with E-state index >= 15 is 0 Å². The van der Waals surface area contributed by atoms with E-state index in [9.17, 15) is 13.2 Å². The van der Waals surface area contributed by atoms with E-state index in [-0.39, 0.29) is 5.75 Å². The van der Waals surface area contributed by atoms with E-state index in [1.165, 1.54) is 25.0 Å². The Morgan fingerprint density at radius 1 is 1.14 bits per heavy atom. The Balaban J connectivity index is 1.66. The first-order chi connectivity index (χ1) is 10.0. The Morgan fingerprint density at radius 2 is 2.00 bits per heavy atom. The molecule has 3 rings (SSSR count). The maximum Gasteiger partial charge on any atom is 0.573 e. The molecule has 2 unspecified atom stereocenters. The van der Waals surface area contributed by atoms with Crippen molar-refractivity contribution in [3.63, 3.8) is 0 Å². The van der Waals surface area contributed by atoms with Gasteiger partial charge < -0.3 is 10.1 Å². The van der Waals surface area contributed by atoms with Crippen LogP contribution in [-0.4, -0.2) is 36.4 Å². The van der Waals surface area contributed by atoms with Crippen molar-refractivity contribution in [2.45, 2.75) is 44.1 Å². The zero-order chi connectivity index (χ0) is 14.9. The molecule has 2 aliphatic heterocycles. The van der Waals surface area contributed by atoms with Gasteiger partial charge in [0.05, 0.1) is 0 Å². The molecule has 3 nitrogen and oxygen atoms in total. The zero-order valence-electron chi connectivity index (χ0n) is 11.7. The second-order valence-electron chi connectivity index (χ2n) is 5.71. The molecule has 0 aliphatic carbocycles. The van der Waals surface area contributed by atoms with Gasteiger partial charge in [0.25, 0.3) is 0 Å². The van der Waals surface area contributed by atoms with Crippen molar-refractivity contribution in [3.8, 4) is 5.75 Å². The number of anilines is 1. The number of hydrogen-bond donors (Lipinski definition) is 1. The van der Waals surface area contributed by atoms with Crippen LogP contribution >= 0.6 is 0 Å². The Hall–Kier alpha value is -1.43. The number of piperidine rings is 1. The lowest BCUT2D eigenvalue weighted by Crippen LogP contribution is -2.41. The maximum absolute atomic E-state index is 12.2. The molecule has 1 aromatic rings. The van der Waals surface area contributed by atoms with Crippen molar-refractivity contribution >= 4 is 5.69 Å².